The maximum absolute atomic E-state index is 14.9. The van der Waals surface area contributed by atoms with Crippen molar-refractivity contribution in [3.05, 3.63) is 90.5 Å². The monoisotopic (exact) mass is 620 g/mol. The van der Waals surface area contributed by atoms with E-state index < -0.39 is 47.0 Å². The number of aliphatic hydroxyl groups excluding tert-OH is 1. The molecule has 0 aromatic heterocycles. The number of amides is 2. The van der Waals surface area contributed by atoms with E-state index in [0.717, 1.165) is 5.56 Å². The minimum Gasteiger partial charge on any atom is -0.465 e. The van der Waals surface area contributed by atoms with Gasteiger partial charge in [-0.3, -0.25) is 14.4 Å². The van der Waals surface area contributed by atoms with Crippen molar-refractivity contribution < 1.29 is 29.0 Å². The summed E-state index contributed by atoms with van der Waals surface area (Å²) in [6.07, 6.45) is 6.42. The van der Waals surface area contributed by atoms with E-state index in [1.807, 2.05) is 37.3 Å². The number of para-hydroxylation sites is 1. The van der Waals surface area contributed by atoms with Crippen LogP contribution in [0.25, 0.3) is 0 Å². The number of rotatable bonds is 14. The van der Waals surface area contributed by atoms with Crippen molar-refractivity contribution in [3.8, 4) is 0 Å². The first-order valence-corrected chi connectivity index (χ1v) is 15.8. The smallest absolute Gasteiger partial charge is 0.312 e. The third kappa shape index (κ3) is 5.37. The molecule has 2 aromatic rings. The van der Waals surface area contributed by atoms with E-state index in [9.17, 15) is 19.5 Å². The van der Waals surface area contributed by atoms with Gasteiger partial charge in [0.25, 0.3) is 5.91 Å². The van der Waals surface area contributed by atoms with Crippen LogP contribution in [0.1, 0.15) is 44.6 Å². The van der Waals surface area contributed by atoms with Gasteiger partial charge in [0.1, 0.15) is 17.6 Å². The molecule has 2 aromatic carbocycles. The van der Waals surface area contributed by atoms with Crippen LogP contribution in [-0.4, -0.2) is 70.8 Å². The van der Waals surface area contributed by atoms with Gasteiger partial charge in [-0.05, 0) is 56.2 Å². The van der Waals surface area contributed by atoms with Crippen LogP contribution in [0.2, 0.25) is 5.02 Å². The minimum absolute atomic E-state index is 0.137. The lowest BCUT2D eigenvalue weighted by Crippen LogP contribution is -2.59. The topological polar surface area (TPSA) is 96.4 Å². The van der Waals surface area contributed by atoms with E-state index in [0.29, 0.717) is 49.2 Å². The number of fused-ring (bicyclic) bond motifs is 1. The van der Waals surface area contributed by atoms with Gasteiger partial charge in [0.05, 0.1) is 41.5 Å². The van der Waals surface area contributed by atoms with Gasteiger partial charge in [-0.2, -0.15) is 0 Å². The van der Waals surface area contributed by atoms with Crippen LogP contribution in [0.5, 0.6) is 0 Å². The lowest BCUT2D eigenvalue weighted by Gasteiger charge is -2.39. The van der Waals surface area contributed by atoms with E-state index in [2.05, 4.69) is 13.2 Å². The van der Waals surface area contributed by atoms with Crippen molar-refractivity contribution in [3.63, 3.8) is 0 Å². The van der Waals surface area contributed by atoms with Crippen LogP contribution >= 0.6 is 11.6 Å². The number of carbonyl (C=O) groups excluding carboxylic acids is 3. The summed E-state index contributed by atoms with van der Waals surface area (Å²) in [5.41, 5.74) is -0.824. The highest BCUT2D eigenvalue weighted by Crippen LogP contribution is 2.65. The molecule has 44 heavy (non-hydrogen) atoms. The second kappa shape index (κ2) is 13.3. The fourth-order valence-electron chi connectivity index (χ4n) is 7.57. The van der Waals surface area contributed by atoms with Gasteiger partial charge in [-0.25, -0.2) is 0 Å². The Labute approximate surface area is 264 Å². The first-order chi connectivity index (χ1) is 21.3. The molecular weight excluding hydrogens is 580 g/mol. The first kappa shape index (κ1) is 31.9. The molecule has 0 radical (unpaired) electrons. The normalized spacial score (nSPS) is 27.6. The number of esters is 1. The van der Waals surface area contributed by atoms with Crippen molar-refractivity contribution in [2.24, 2.45) is 11.8 Å². The van der Waals surface area contributed by atoms with Gasteiger partial charge in [0.15, 0.2) is 0 Å². The van der Waals surface area contributed by atoms with Crippen LogP contribution in [0.3, 0.4) is 0 Å². The van der Waals surface area contributed by atoms with Crippen LogP contribution in [-0.2, 0) is 30.3 Å². The number of halogens is 1. The maximum atomic E-state index is 14.9. The summed E-state index contributed by atoms with van der Waals surface area (Å²) in [6, 6.07) is 14.7. The lowest BCUT2D eigenvalue weighted by atomic mass is 9.65. The summed E-state index contributed by atoms with van der Waals surface area (Å²) in [4.78, 5) is 46.4. The number of allylic oxidation sites excluding steroid dienone is 1. The molecule has 3 aliphatic heterocycles. The first-order valence-electron chi connectivity index (χ1n) is 15.4. The van der Waals surface area contributed by atoms with Crippen molar-refractivity contribution in [1.29, 1.82) is 0 Å². The number of nitrogens with zero attached hydrogens (tertiary/aromatic N) is 2. The molecule has 5 rings (SSSR count). The molecule has 3 aliphatic rings. The Morgan fingerprint density at radius 1 is 1.16 bits per heavy atom. The maximum Gasteiger partial charge on any atom is 0.312 e. The largest absolute Gasteiger partial charge is 0.465 e. The summed E-state index contributed by atoms with van der Waals surface area (Å²) in [7, 11) is 0. The average Bonchev–Trinajstić information content (AvgIpc) is 3.65. The van der Waals surface area contributed by atoms with Crippen molar-refractivity contribution in [2.75, 3.05) is 24.7 Å². The van der Waals surface area contributed by atoms with Crippen LogP contribution < -0.4 is 4.90 Å². The predicted molar refractivity (Wildman–Crippen MR) is 169 cm³/mol. The van der Waals surface area contributed by atoms with E-state index in [4.69, 9.17) is 21.1 Å². The quantitative estimate of drug-likeness (QED) is 0.179. The summed E-state index contributed by atoms with van der Waals surface area (Å²) >= 11 is 6.59. The van der Waals surface area contributed by atoms with Crippen molar-refractivity contribution in [1.82, 2.24) is 4.90 Å². The number of aliphatic hydroxyl groups is 1. The molecule has 3 fully saturated rings. The SMILES string of the molecule is C=CCCCOC(=O)[C@@H]1[C@H]2C(=O)N([C@@H](CO)Cc3ccccc3)C(C(=O)N(CC=C)c3ccccc3Cl)C23CC[C@@]1(CC)O3. The lowest BCUT2D eigenvalue weighted by molar-refractivity contribution is -0.162. The van der Waals surface area contributed by atoms with E-state index >= 15 is 0 Å². The fraction of sp³-hybridized carbons (Fsp3) is 0.457. The number of hydrogen-bond donors (Lipinski definition) is 1. The summed E-state index contributed by atoms with van der Waals surface area (Å²) in [5, 5.41) is 11.1. The van der Waals surface area contributed by atoms with E-state index in [-0.39, 0.29) is 25.7 Å². The number of likely N-dealkylation sites (tertiary alicyclic amines) is 1. The standard InChI is InChI=1S/C35H41ClN2O6/c1-4-7-13-21-43-33(42)29-28-31(40)38(25(23-39)22-24-14-9-8-10-15-24)30(35(28)19-18-34(29,6-3)44-35)32(41)37(20-5-2)27-17-12-11-16-26(27)36/h4-5,8-12,14-17,25,28-30,39H,1-2,6-7,13,18-23H2,3H3/t25-,28+,29+,30?,34-,35?/m1/s1. The highest BCUT2D eigenvalue weighted by atomic mass is 35.5. The third-order valence-corrected chi connectivity index (χ3v) is 9.86. The summed E-state index contributed by atoms with van der Waals surface area (Å²) in [6.45, 7) is 9.49. The Morgan fingerprint density at radius 3 is 2.55 bits per heavy atom. The molecule has 9 heteroatoms. The van der Waals surface area contributed by atoms with E-state index in [1.54, 1.807) is 36.4 Å². The molecule has 234 valence electrons. The molecule has 1 N–H and O–H groups in total. The minimum atomic E-state index is -1.28. The Hall–Kier alpha value is -3.46. The van der Waals surface area contributed by atoms with Crippen LogP contribution in [0.4, 0.5) is 5.69 Å². The van der Waals surface area contributed by atoms with Gasteiger partial charge in [0, 0.05) is 6.54 Å². The average molecular weight is 621 g/mol. The Bertz CT molecular complexity index is 1400. The molecule has 2 bridgehead atoms. The summed E-state index contributed by atoms with van der Waals surface area (Å²) < 4.78 is 12.6. The highest BCUT2D eigenvalue weighted by Gasteiger charge is 2.79. The van der Waals surface area contributed by atoms with Gasteiger partial charge in [-0.1, -0.05) is 73.1 Å². The summed E-state index contributed by atoms with van der Waals surface area (Å²) in [5.74, 6) is -3.06. The highest BCUT2D eigenvalue weighted by molar-refractivity contribution is 6.34. The Balaban J connectivity index is 1.61. The molecule has 0 aliphatic carbocycles. The van der Waals surface area contributed by atoms with E-state index in [1.165, 1.54) is 9.80 Å². The molecular formula is C35H41ClN2O6. The number of carbonyl (C=O) groups is 3. The van der Waals surface area contributed by atoms with Crippen LogP contribution in [0, 0.1) is 11.8 Å². The number of unbranched alkanes of at least 4 members (excludes halogenated alkanes) is 1. The number of benzene rings is 2. The van der Waals surface area contributed by atoms with Gasteiger partial charge in [0.2, 0.25) is 5.91 Å². The van der Waals surface area contributed by atoms with Gasteiger partial charge >= 0.3 is 5.97 Å². The zero-order valence-electron chi connectivity index (χ0n) is 25.2. The van der Waals surface area contributed by atoms with Crippen molar-refractivity contribution in [2.45, 2.75) is 68.7 Å². The molecule has 6 atom stereocenters. The Kier molecular flexibility index (Phi) is 9.63. The molecule has 0 saturated carbocycles. The van der Waals surface area contributed by atoms with Gasteiger partial charge in [-0.15, -0.1) is 13.2 Å². The zero-order valence-corrected chi connectivity index (χ0v) is 26.0. The van der Waals surface area contributed by atoms with Gasteiger partial charge < -0.3 is 24.4 Å². The predicted octanol–water partition coefficient (Wildman–Crippen LogP) is 5.13. The zero-order chi connectivity index (χ0) is 31.5. The molecule has 1 spiro atoms. The molecule has 3 heterocycles. The number of hydrogen-bond acceptors (Lipinski definition) is 6. The second-order valence-corrected chi connectivity index (χ2v) is 12.3. The third-order valence-electron chi connectivity index (χ3n) is 9.54. The fourth-order valence-corrected chi connectivity index (χ4v) is 7.81. The molecule has 2 unspecified atom stereocenters. The van der Waals surface area contributed by atoms with Crippen LogP contribution in [0.15, 0.2) is 79.9 Å². The number of anilines is 1. The molecule has 2 amide bonds. The second-order valence-electron chi connectivity index (χ2n) is 11.9. The Morgan fingerprint density at radius 2 is 1.89 bits per heavy atom. The van der Waals surface area contributed by atoms with Crippen molar-refractivity contribution >= 4 is 35.1 Å². The molecule has 3 saturated heterocycles. The molecule has 8 nitrogen and oxygen atoms in total. The number of ether oxygens (including phenoxy) is 2.